The summed E-state index contributed by atoms with van der Waals surface area (Å²) in [5.41, 5.74) is 2.53. The highest BCUT2D eigenvalue weighted by molar-refractivity contribution is 5.61. The van der Waals surface area contributed by atoms with E-state index < -0.39 is 0 Å². The van der Waals surface area contributed by atoms with Gasteiger partial charge in [0.2, 0.25) is 0 Å². The fourth-order valence-corrected chi connectivity index (χ4v) is 4.33. The SMILES string of the molecule is CCCCCOc1ccc(-c2ccc(C3CCC(CCC)CC3)cn2)c(F)c1. The standard InChI is InChI=1S/C25H34FNO/c1-3-5-6-16-28-22-13-14-23(24(26)17-22)25-15-12-21(18-27-25)20-10-8-19(7-4-2)9-11-20/h12-15,17-20H,3-11,16H2,1-2H3. The predicted octanol–water partition coefficient (Wildman–Crippen LogP) is 7.53. The maximum Gasteiger partial charge on any atom is 0.136 e. The van der Waals surface area contributed by atoms with Crippen LogP contribution in [0, 0.1) is 11.7 Å². The van der Waals surface area contributed by atoms with Gasteiger partial charge in [0.25, 0.3) is 0 Å². The van der Waals surface area contributed by atoms with Crippen molar-refractivity contribution < 1.29 is 9.13 Å². The number of unbranched alkanes of at least 4 members (excludes halogenated alkanes) is 2. The number of pyridine rings is 1. The van der Waals surface area contributed by atoms with E-state index in [1.165, 1.54) is 50.2 Å². The lowest BCUT2D eigenvalue weighted by Gasteiger charge is -2.28. The highest BCUT2D eigenvalue weighted by atomic mass is 19.1. The van der Waals surface area contributed by atoms with Crippen molar-refractivity contribution in [2.75, 3.05) is 6.61 Å². The fraction of sp³-hybridized carbons (Fsp3) is 0.560. The van der Waals surface area contributed by atoms with Crippen LogP contribution in [0.2, 0.25) is 0 Å². The summed E-state index contributed by atoms with van der Waals surface area (Å²) in [7, 11) is 0. The molecule has 1 aliphatic carbocycles. The first-order valence-corrected chi connectivity index (χ1v) is 11.1. The van der Waals surface area contributed by atoms with Crippen LogP contribution in [0.3, 0.4) is 0 Å². The Bertz CT molecular complexity index is 720. The molecule has 0 spiro atoms. The zero-order valence-electron chi connectivity index (χ0n) is 17.4. The van der Waals surface area contributed by atoms with E-state index in [-0.39, 0.29) is 5.82 Å². The third-order valence-corrected chi connectivity index (χ3v) is 6.03. The van der Waals surface area contributed by atoms with E-state index in [1.54, 1.807) is 6.07 Å². The van der Waals surface area contributed by atoms with Gasteiger partial charge in [-0.15, -0.1) is 0 Å². The molecule has 0 aliphatic heterocycles. The summed E-state index contributed by atoms with van der Waals surface area (Å²) >= 11 is 0. The van der Waals surface area contributed by atoms with Gasteiger partial charge in [-0.2, -0.15) is 0 Å². The Morgan fingerprint density at radius 3 is 2.46 bits per heavy atom. The minimum absolute atomic E-state index is 0.270. The van der Waals surface area contributed by atoms with Gasteiger partial charge in [0.05, 0.1) is 12.3 Å². The van der Waals surface area contributed by atoms with E-state index in [2.05, 4.69) is 24.9 Å². The molecule has 0 unspecified atom stereocenters. The first kappa shape index (κ1) is 20.8. The van der Waals surface area contributed by atoms with Crippen molar-refractivity contribution in [2.24, 2.45) is 5.92 Å². The molecule has 0 atom stereocenters. The smallest absolute Gasteiger partial charge is 0.136 e. The Hall–Kier alpha value is -1.90. The first-order chi connectivity index (χ1) is 13.7. The molecule has 0 amide bonds. The molecule has 1 aliphatic rings. The minimum Gasteiger partial charge on any atom is -0.493 e. The maximum absolute atomic E-state index is 14.6. The molecule has 0 radical (unpaired) electrons. The zero-order valence-corrected chi connectivity index (χ0v) is 17.4. The molecule has 28 heavy (non-hydrogen) atoms. The van der Waals surface area contributed by atoms with Crippen LogP contribution in [-0.2, 0) is 0 Å². The number of rotatable bonds is 9. The zero-order chi connectivity index (χ0) is 19.8. The fourth-order valence-electron chi connectivity index (χ4n) is 4.33. The molecule has 3 rings (SSSR count). The van der Waals surface area contributed by atoms with Crippen LogP contribution < -0.4 is 4.74 Å². The van der Waals surface area contributed by atoms with E-state index in [0.29, 0.717) is 29.5 Å². The van der Waals surface area contributed by atoms with Crippen LogP contribution in [0.15, 0.2) is 36.5 Å². The summed E-state index contributed by atoms with van der Waals surface area (Å²) in [4.78, 5) is 4.58. The van der Waals surface area contributed by atoms with E-state index in [9.17, 15) is 4.39 Å². The Morgan fingerprint density at radius 1 is 1.00 bits per heavy atom. The Morgan fingerprint density at radius 2 is 1.82 bits per heavy atom. The first-order valence-electron chi connectivity index (χ1n) is 11.1. The maximum atomic E-state index is 14.6. The van der Waals surface area contributed by atoms with Crippen LogP contribution in [0.4, 0.5) is 4.39 Å². The molecule has 2 aromatic rings. The van der Waals surface area contributed by atoms with Gasteiger partial charge in [-0.25, -0.2) is 4.39 Å². The van der Waals surface area contributed by atoms with E-state index >= 15 is 0 Å². The second-order valence-electron chi connectivity index (χ2n) is 8.18. The summed E-state index contributed by atoms with van der Waals surface area (Å²) in [6.45, 7) is 5.07. The molecular weight excluding hydrogens is 349 g/mol. The molecule has 152 valence electrons. The van der Waals surface area contributed by atoms with Gasteiger partial charge < -0.3 is 4.74 Å². The van der Waals surface area contributed by atoms with Gasteiger partial charge in [0.1, 0.15) is 11.6 Å². The van der Waals surface area contributed by atoms with Gasteiger partial charge in [-0.3, -0.25) is 4.98 Å². The highest BCUT2D eigenvalue weighted by Crippen LogP contribution is 2.37. The second kappa shape index (κ2) is 10.6. The van der Waals surface area contributed by atoms with Crippen molar-refractivity contribution in [3.05, 3.63) is 47.9 Å². The third-order valence-electron chi connectivity index (χ3n) is 6.03. The topological polar surface area (TPSA) is 22.1 Å². The lowest BCUT2D eigenvalue weighted by molar-refractivity contribution is 0.305. The lowest BCUT2D eigenvalue weighted by atomic mass is 9.77. The quantitative estimate of drug-likeness (QED) is 0.417. The number of benzene rings is 1. The van der Waals surface area contributed by atoms with Crippen LogP contribution in [0.5, 0.6) is 5.75 Å². The molecule has 1 heterocycles. The highest BCUT2D eigenvalue weighted by Gasteiger charge is 2.22. The van der Waals surface area contributed by atoms with Crippen molar-refractivity contribution in [1.29, 1.82) is 0 Å². The largest absolute Gasteiger partial charge is 0.493 e. The molecule has 0 N–H and O–H groups in total. The van der Waals surface area contributed by atoms with E-state index in [4.69, 9.17) is 4.74 Å². The summed E-state index contributed by atoms with van der Waals surface area (Å²) < 4.78 is 20.2. The molecule has 1 aromatic carbocycles. The molecule has 0 saturated heterocycles. The number of nitrogens with zero attached hydrogens (tertiary/aromatic N) is 1. The van der Waals surface area contributed by atoms with Gasteiger partial charge in [-0.1, -0.05) is 45.6 Å². The van der Waals surface area contributed by atoms with Gasteiger partial charge >= 0.3 is 0 Å². The molecule has 3 heteroatoms. The monoisotopic (exact) mass is 383 g/mol. The van der Waals surface area contributed by atoms with Crippen LogP contribution in [0.25, 0.3) is 11.3 Å². The Labute approximate surface area is 169 Å². The van der Waals surface area contributed by atoms with E-state index in [0.717, 1.165) is 25.2 Å². The number of hydrogen-bond donors (Lipinski definition) is 0. The normalized spacial score (nSPS) is 19.5. The van der Waals surface area contributed by atoms with Crippen molar-refractivity contribution >= 4 is 0 Å². The van der Waals surface area contributed by atoms with Crippen molar-refractivity contribution in [3.8, 4) is 17.0 Å². The second-order valence-corrected chi connectivity index (χ2v) is 8.18. The lowest BCUT2D eigenvalue weighted by Crippen LogP contribution is -2.13. The summed E-state index contributed by atoms with van der Waals surface area (Å²) in [5, 5.41) is 0. The molecule has 0 bridgehead atoms. The van der Waals surface area contributed by atoms with Gasteiger partial charge in [0.15, 0.2) is 0 Å². The third kappa shape index (κ3) is 5.56. The summed E-state index contributed by atoms with van der Waals surface area (Å²) in [5.74, 6) is 1.84. The Kier molecular flexibility index (Phi) is 7.88. The molecule has 1 aromatic heterocycles. The van der Waals surface area contributed by atoms with Crippen molar-refractivity contribution in [1.82, 2.24) is 4.98 Å². The average molecular weight is 384 g/mol. The van der Waals surface area contributed by atoms with Gasteiger partial charge in [0, 0.05) is 17.8 Å². The van der Waals surface area contributed by atoms with Crippen molar-refractivity contribution in [3.63, 3.8) is 0 Å². The van der Waals surface area contributed by atoms with Crippen LogP contribution in [0.1, 0.15) is 83.1 Å². The average Bonchev–Trinajstić information content (AvgIpc) is 2.72. The van der Waals surface area contributed by atoms with Gasteiger partial charge in [-0.05, 0) is 67.7 Å². The molecular formula is C25H34FNO. The molecule has 2 nitrogen and oxygen atoms in total. The number of halogens is 1. The van der Waals surface area contributed by atoms with Crippen LogP contribution >= 0.6 is 0 Å². The summed E-state index contributed by atoms with van der Waals surface area (Å²) in [6, 6.07) is 9.21. The number of hydrogen-bond acceptors (Lipinski definition) is 2. The predicted molar refractivity (Wildman–Crippen MR) is 114 cm³/mol. The number of ether oxygens (including phenoxy) is 1. The summed E-state index contributed by atoms with van der Waals surface area (Å²) in [6.07, 6.45) is 13.1. The Balaban J connectivity index is 1.60. The van der Waals surface area contributed by atoms with Crippen LogP contribution in [-0.4, -0.2) is 11.6 Å². The number of aromatic nitrogens is 1. The molecule has 1 fully saturated rings. The van der Waals surface area contributed by atoms with E-state index in [1.807, 2.05) is 18.3 Å². The van der Waals surface area contributed by atoms with Crippen molar-refractivity contribution in [2.45, 2.75) is 77.6 Å². The minimum atomic E-state index is -0.270. The molecule has 1 saturated carbocycles.